The fourth-order valence-electron chi connectivity index (χ4n) is 4.16. The molecule has 1 aromatic heterocycles. The van der Waals surface area contributed by atoms with Crippen molar-refractivity contribution in [3.8, 4) is 0 Å². The standard InChI is InChI=1S/C22H31N5O2/c1-18-4-3-5-21(14-18)26-10-12-27(13-11-26)22(28)17-25-8-6-24(7-9-25)16-20-15-19(2)29-23-20/h3-5,14-15H,6-13,16-17H2,1-2H3. The molecule has 0 aliphatic carbocycles. The summed E-state index contributed by atoms with van der Waals surface area (Å²) in [4.78, 5) is 21.8. The highest BCUT2D eigenvalue weighted by molar-refractivity contribution is 5.78. The molecule has 0 bridgehead atoms. The van der Waals surface area contributed by atoms with Crippen LogP contribution < -0.4 is 4.90 Å². The number of piperazine rings is 2. The summed E-state index contributed by atoms with van der Waals surface area (Å²) >= 11 is 0. The maximum atomic E-state index is 12.8. The number of anilines is 1. The van der Waals surface area contributed by atoms with Crippen LogP contribution in [0.15, 0.2) is 34.9 Å². The average molecular weight is 398 g/mol. The first-order valence-electron chi connectivity index (χ1n) is 10.5. The largest absolute Gasteiger partial charge is 0.368 e. The van der Waals surface area contributed by atoms with E-state index in [9.17, 15) is 4.79 Å². The Balaban J connectivity index is 1.19. The number of amides is 1. The zero-order valence-electron chi connectivity index (χ0n) is 17.5. The highest BCUT2D eigenvalue weighted by Crippen LogP contribution is 2.18. The van der Waals surface area contributed by atoms with Gasteiger partial charge < -0.3 is 14.3 Å². The number of carbonyl (C=O) groups excluding carboxylic acids is 1. The molecule has 0 radical (unpaired) electrons. The van der Waals surface area contributed by atoms with Crippen molar-refractivity contribution >= 4 is 11.6 Å². The molecule has 2 aliphatic heterocycles. The van der Waals surface area contributed by atoms with Gasteiger partial charge in [0, 0.05) is 70.7 Å². The highest BCUT2D eigenvalue weighted by atomic mass is 16.5. The first-order chi connectivity index (χ1) is 14.1. The quantitative estimate of drug-likeness (QED) is 0.766. The zero-order chi connectivity index (χ0) is 20.2. The molecule has 29 heavy (non-hydrogen) atoms. The fourth-order valence-corrected chi connectivity index (χ4v) is 4.16. The topological polar surface area (TPSA) is 56.1 Å². The third kappa shape index (κ3) is 5.16. The molecule has 2 fully saturated rings. The van der Waals surface area contributed by atoms with Gasteiger partial charge in [-0.3, -0.25) is 14.6 Å². The predicted molar refractivity (Wildman–Crippen MR) is 113 cm³/mol. The van der Waals surface area contributed by atoms with Crippen molar-refractivity contribution in [1.29, 1.82) is 0 Å². The third-order valence-corrected chi connectivity index (χ3v) is 5.89. The molecule has 1 aromatic carbocycles. The molecule has 0 unspecified atom stereocenters. The average Bonchev–Trinajstić information content (AvgIpc) is 3.14. The number of nitrogens with zero attached hydrogens (tertiary/aromatic N) is 5. The molecule has 156 valence electrons. The number of benzene rings is 1. The molecule has 2 aromatic rings. The van der Waals surface area contributed by atoms with Crippen molar-refractivity contribution in [2.24, 2.45) is 0 Å². The summed E-state index contributed by atoms with van der Waals surface area (Å²) in [5.41, 5.74) is 3.52. The van der Waals surface area contributed by atoms with Gasteiger partial charge in [0.15, 0.2) is 0 Å². The normalized spacial score (nSPS) is 19.0. The Morgan fingerprint density at radius 2 is 1.69 bits per heavy atom. The van der Waals surface area contributed by atoms with Crippen molar-refractivity contribution in [2.45, 2.75) is 20.4 Å². The zero-order valence-corrected chi connectivity index (χ0v) is 17.5. The summed E-state index contributed by atoms with van der Waals surface area (Å²) in [6.07, 6.45) is 0. The Bertz CT molecular complexity index is 820. The maximum Gasteiger partial charge on any atom is 0.236 e. The molecule has 7 heteroatoms. The Hall–Kier alpha value is -2.38. The number of aromatic nitrogens is 1. The molecule has 3 heterocycles. The second-order valence-electron chi connectivity index (χ2n) is 8.19. The minimum absolute atomic E-state index is 0.259. The SMILES string of the molecule is Cc1cccc(N2CCN(C(=O)CN3CCN(Cc4cc(C)on4)CC3)CC2)c1. The van der Waals surface area contributed by atoms with Crippen LogP contribution >= 0.6 is 0 Å². The third-order valence-electron chi connectivity index (χ3n) is 5.89. The first-order valence-corrected chi connectivity index (χ1v) is 10.5. The van der Waals surface area contributed by atoms with Crippen LogP contribution in [0.5, 0.6) is 0 Å². The van der Waals surface area contributed by atoms with E-state index < -0.39 is 0 Å². The van der Waals surface area contributed by atoms with Crippen LogP contribution in [0.25, 0.3) is 0 Å². The minimum Gasteiger partial charge on any atom is -0.368 e. The minimum atomic E-state index is 0.259. The van der Waals surface area contributed by atoms with Crippen LogP contribution in [0.1, 0.15) is 17.0 Å². The summed E-state index contributed by atoms with van der Waals surface area (Å²) in [5.74, 6) is 1.11. The Labute approximate surface area is 172 Å². The summed E-state index contributed by atoms with van der Waals surface area (Å²) < 4.78 is 5.15. The van der Waals surface area contributed by atoms with Gasteiger partial charge in [-0.25, -0.2) is 0 Å². The predicted octanol–water partition coefficient (Wildman–Crippen LogP) is 1.76. The van der Waals surface area contributed by atoms with Crippen molar-refractivity contribution < 1.29 is 9.32 Å². The van der Waals surface area contributed by atoms with Gasteiger partial charge in [0.1, 0.15) is 5.76 Å². The molecule has 0 N–H and O–H groups in total. The molecule has 2 aliphatic rings. The van der Waals surface area contributed by atoms with E-state index in [2.05, 4.69) is 51.0 Å². The Kier molecular flexibility index (Phi) is 6.16. The van der Waals surface area contributed by atoms with Gasteiger partial charge in [-0.05, 0) is 31.5 Å². The van der Waals surface area contributed by atoms with Crippen molar-refractivity contribution in [1.82, 2.24) is 19.9 Å². The van der Waals surface area contributed by atoms with Gasteiger partial charge >= 0.3 is 0 Å². The number of rotatable bonds is 5. The smallest absolute Gasteiger partial charge is 0.236 e. The molecule has 2 saturated heterocycles. The van der Waals surface area contributed by atoms with Crippen LogP contribution in [0.3, 0.4) is 0 Å². The lowest BCUT2D eigenvalue weighted by Crippen LogP contribution is -2.53. The van der Waals surface area contributed by atoms with Gasteiger partial charge in [0.2, 0.25) is 5.91 Å². The van der Waals surface area contributed by atoms with E-state index in [4.69, 9.17) is 4.52 Å². The Morgan fingerprint density at radius 3 is 2.34 bits per heavy atom. The number of aryl methyl sites for hydroxylation is 2. The molecule has 0 spiro atoms. The summed E-state index contributed by atoms with van der Waals surface area (Å²) in [6.45, 7) is 12.6. The van der Waals surface area contributed by atoms with Crippen molar-refractivity contribution in [3.63, 3.8) is 0 Å². The fraction of sp³-hybridized carbons (Fsp3) is 0.545. The molecular formula is C22H31N5O2. The summed E-state index contributed by atoms with van der Waals surface area (Å²) in [7, 11) is 0. The Morgan fingerprint density at radius 1 is 0.966 bits per heavy atom. The number of hydrogen-bond acceptors (Lipinski definition) is 6. The molecule has 0 atom stereocenters. The summed E-state index contributed by atoms with van der Waals surface area (Å²) in [5, 5.41) is 4.08. The highest BCUT2D eigenvalue weighted by Gasteiger charge is 2.25. The van der Waals surface area contributed by atoms with Crippen LogP contribution in [0.2, 0.25) is 0 Å². The molecule has 0 saturated carbocycles. The number of hydrogen-bond donors (Lipinski definition) is 0. The summed E-state index contributed by atoms with van der Waals surface area (Å²) in [6, 6.07) is 10.6. The van der Waals surface area contributed by atoms with Gasteiger partial charge in [0.05, 0.1) is 12.2 Å². The van der Waals surface area contributed by atoms with Crippen molar-refractivity contribution in [2.75, 3.05) is 63.8 Å². The van der Waals surface area contributed by atoms with Gasteiger partial charge in [-0.2, -0.15) is 0 Å². The van der Waals surface area contributed by atoms with E-state index >= 15 is 0 Å². The second kappa shape index (κ2) is 8.97. The van der Waals surface area contributed by atoms with Gasteiger partial charge in [0.25, 0.3) is 0 Å². The maximum absolute atomic E-state index is 12.8. The molecular weight excluding hydrogens is 366 g/mol. The first kappa shape index (κ1) is 19.9. The van der Waals surface area contributed by atoms with E-state index in [0.717, 1.165) is 70.4 Å². The van der Waals surface area contributed by atoms with Crippen LogP contribution in [0.4, 0.5) is 5.69 Å². The van der Waals surface area contributed by atoms with E-state index in [1.54, 1.807) is 0 Å². The van der Waals surface area contributed by atoms with Gasteiger partial charge in [-0.1, -0.05) is 17.3 Å². The van der Waals surface area contributed by atoms with Crippen LogP contribution in [0, 0.1) is 13.8 Å². The molecule has 1 amide bonds. The van der Waals surface area contributed by atoms with E-state index in [-0.39, 0.29) is 5.91 Å². The van der Waals surface area contributed by atoms with Crippen molar-refractivity contribution in [3.05, 3.63) is 47.3 Å². The lowest BCUT2D eigenvalue weighted by molar-refractivity contribution is -0.133. The molecule has 7 nitrogen and oxygen atoms in total. The molecule has 4 rings (SSSR count). The lowest BCUT2D eigenvalue weighted by atomic mass is 10.2. The lowest BCUT2D eigenvalue weighted by Gasteiger charge is -2.38. The van der Waals surface area contributed by atoms with Crippen LogP contribution in [-0.2, 0) is 11.3 Å². The van der Waals surface area contributed by atoms with E-state index in [1.807, 2.05) is 17.9 Å². The number of carbonyl (C=O) groups is 1. The second-order valence-corrected chi connectivity index (χ2v) is 8.19. The van der Waals surface area contributed by atoms with E-state index in [1.165, 1.54) is 11.3 Å². The van der Waals surface area contributed by atoms with Crippen LogP contribution in [-0.4, -0.2) is 84.7 Å². The monoisotopic (exact) mass is 397 g/mol. The van der Waals surface area contributed by atoms with Gasteiger partial charge in [-0.15, -0.1) is 0 Å². The van der Waals surface area contributed by atoms with E-state index in [0.29, 0.717) is 6.54 Å².